The zero-order valence-corrected chi connectivity index (χ0v) is 14.7. The fraction of sp³-hybridized carbons (Fsp3) is 0.182. The van der Waals surface area contributed by atoms with Crippen LogP contribution in [0.1, 0.15) is 6.42 Å². The summed E-state index contributed by atoms with van der Waals surface area (Å²) in [7, 11) is 0. The number of para-hydroxylation sites is 2. The van der Waals surface area contributed by atoms with Gasteiger partial charge in [0.15, 0.2) is 5.58 Å². The van der Waals surface area contributed by atoms with Crippen molar-refractivity contribution in [2.24, 2.45) is 0 Å². The van der Waals surface area contributed by atoms with Gasteiger partial charge in [-0.3, -0.25) is 0 Å². The lowest BCUT2D eigenvalue weighted by Crippen LogP contribution is -2.22. The van der Waals surface area contributed by atoms with E-state index in [9.17, 15) is 4.39 Å². The number of aromatic nitrogens is 2. The SMILES string of the molecule is FC1CCN(c2nccc(-c3ccccc3)c2-c2nc3ccccc3o2)C1. The number of anilines is 1. The molecule has 1 aliphatic heterocycles. The molecule has 0 saturated carbocycles. The second-order valence-electron chi connectivity index (χ2n) is 6.74. The van der Waals surface area contributed by atoms with Crippen molar-refractivity contribution in [3.63, 3.8) is 0 Å². The summed E-state index contributed by atoms with van der Waals surface area (Å²) in [5, 5.41) is 0. The highest BCUT2D eigenvalue weighted by molar-refractivity contribution is 5.89. The molecule has 2 aromatic carbocycles. The van der Waals surface area contributed by atoms with Crippen LogP contribution < -0.4 is 4.90 Å². The number of alkyl halides is 1. The molecule has 0 amide bonds. The Hall–Kier alpha value is -3.21. The van der Waals surface area contributed by atoms with Crippen LogP contribution in [0.3, 0.4) is 0 Å². The van der Waals surface area contributed by atoms with Gasteiger partial charge in [0.2, 0.25) is 5.89 Å². The first-order valence-corrected chi connectivity index (χ1v) is 9.09. The van der Waals surface area contributed by atoms with Gasteiger partial charge in [-0.25, -0.2) is 14.4 Å². The van der Waals surface area contributed by atoms with E-state index in [2.05, 4.69) is 4.98 Å². The Morgan fingerprint density at radius 1 is 1.00 bits per heavy atom. The van der Waals surface area contributed by atoms with Crippen molar-refractivity contribution >= 4 is 16.9 Å². The highest BCUT2D eigenvalue weighted by atomic mass is 19.1. The molecule has 5 rings (SSSR count). The minimum absolute atomic E-state index is 0.346. The van der Waals surface area contributed by atoms with Crippen LogP contribution in [0, 0.1) is 0 Å². The Kier molecular flexibility index (Phi) is 3.85. The lowest BCUT2D eigenvalue weighted by atomic mass is 10.0. The van der Waals surface area contributed by atoms with Gasteiger partial charge in [-0.1, -0.05) is 42.5 Å². The van der Waals surface area contributed by atoms with Crippen LogP contribution in [0.25, 0.3) is 33.7 Å². The Morgan fingerprint density at radius 2 is 1.81 bits per heavy atom. The molecule has 0 spiro atoms. The Morgan fingerprint density at radius 3 is 2.59 bits per heavy atom. The van der Waals surface area contributed by atoms with Crippen LogP contribution in [0.4, 0.5) is 10.2 Å². The second kappa shape index (κ2) is 6.50. The number of hydrogen-bond acceptors (Lipinski definition) is 4. The highest BCUT2D eigenvalue weighted by Crippen LogP contribution is 2.40. The maximum atomic E-state index is 13.9. The van der Waals surface area contributed by atoms with Crippen molar-refractivity contribution in [2.75, 3.05) is 18.0 Å². The monoisotopic (exact) mass is 359 g/mol. The van der Waals surface area contributed by atoms with Crippen molar-refractivity contribution in [3.05, 3.63) is 66.9 Å². The number of oxazole rings is 1. The van der Waals surface area contributed by atoms with Gasteiger partial charge in [-0.05, 0) is 35.7 Å². The largest absolute Gasteiger partial charge is 0.436 e. The van der Waals surface area contributed by atoms with E-state index >= 15 is 0 Å². The van der Waals surface area contributed by atoms with Gasteiger partial charge >= 0.3 is 0 Å². The quantitative estimate of drug-likeness (QED) is 0.510. The van der Waals surface area contributed by atoms with E-state index in [4.69, 9.17) is 9.40 Å². The van der Waals surface area contributed by atoms with E-state index in [-0.39, 0.29) is 0 Å². The number of benzene rings is 2. The molecule has 4 nitrogen and oxygen atoms in total. The van der Waals surface area contributed by atoms with Gasteiger partial charge in [0, 0.05) is 12.7 Å². The topological polar surface area (TPSA) is 42.2 Å². The first-order valence-electron chi connectivity index (χ1n) is 9.09. The van der Waals surface area contributed by atoms with Crippen LogP contribution in [-0.2, 0) is 0 Å². The number of hydrogen-bond donors (Lipinski definition) is 0. The Balaban J connectivity index is 1.75. The smallest absolute Gasteiger partial charge is 0.231 e. The first kappa shape index (κ1) is 16.0. The maximum Gasteiger partial charge on any atom is 0.231 e. The third-order valence-electron chi connectivity index (χ3n) is 4.95. The molecule has 134 valence electrons. The van der Waals surface area contributed by atoms with Crippen LogP contribution in [0.2, 0.25) is 0 Å². The lowest BCUT2D eigenvalue weighted by molar-refractivity contribution is 0.364. The van der Waals surface area contributed by atoms with E-state index < -0.39 is 6.17 Å². The molecule has 0 N–H and O–H groups in total. The van der Waals surface area contributed by atoms with Crippen LogP contribution in [0.15, 0.2) is 71.3 Å². The number of pyridine rings is 1. The summed E-state index contributed by atoms with van der Waals surface area (Å²) in [5.41, 5.74) is 4.37. The molecule has 1 fully saturated rings. The minimum atomic E-state index is -0.830. The molecule has 1 saturated heterocycles. The van der Waals surface area contributed by atoms with Gasteiger partial charge in [-0.15, -0.1) is 0 Å². The third-order valence-corrected chi connectivity index (χ3v) is 4.95. The summed E-state index contributed by atoms with van der Waals surface area (Å²) < 4.78 is 19.9. The zero-order valence-electron chi connectivity index (χ0n) is 14.7. The minimum Gasteiger partial charge on any atom is -0.436 e. The van der Waals surface area contributed by atoms with Gasteiger partial charge in [0.05, 0.1) is 12.1 Å². The fourth-order valence-corrected chi connectivity index (χ4v) is 3.65. The van der Waals surface area contributed by atoms with E-state index in [1.54, 1.807) is 6.20 Å². The predicted octanol–water partition coefficient (Wildman–Crippen LogP) is 5.11. The number of halogens is 1. The first-order chi connectivity index (χ1) is 13.3. The van der Waals surface area contributed by atoms with Gasteiger partial charge in [0.25, 0.3) is 0 Å². The summed E-state index contributed by atoms with van der Waals surface area (Å²) in [6.07, 6.45) is 1.46. The maximum absolute atomic E-state index is 13.9. The molecule has 0 bridgehead atoms. The normalized spacial score (nSPS) is 16.9. The molecular formula is C22H18FN3O. The Labute approximate surface area is 156 Å². The average Bonchev–Trinajstić information content (AvgIpc) is 3.34. The zero-order chi connectivity index (χ0) is 18.2. The molecule has 27 heavy (non-hydrogen) atoms. The van der Waals surface area contributed by atoms with Gasteiger partial charge < -0.3 is 9.32 Å². The standard InChI is InChI=1S/C22H18FN3O/c23-16-11-13-26(14-16)21-20(22-25-18-8-4-5-9-19(18)27-22)17(10-12-24-21)15-6-2-1-3-7-15/h1-10,12,16H,11,13-14H2. The molecule has 1 atom stereocenters. The molecule has 0 aliphatic carbocycles. The van der Waals surface area contributed by atoms with E-state index in [1.807, 2.05) is 65.6 Å². The summed E-state index contributed by atoms with van der Waals surface area (Å²) in [4.78, 5) is 11.3. The second-order valence-corrected chi connectivity index (χ2v) is 6.74. The molecule has 5 heteroatoms. The number of fused-ring (bicyclic) bond motifs is 1. The molecule has 1 aliphatic rings. The molecule has 0 radical (unpaired) electrons. The number of rotatable bonds is 3. The van der Waals surface area contributed by atoms with Crippen LogP contribution >= 0.6 is 0 Å². The molecule has 4 aromatic rings. The molecule has 3 heterocycles. The molecule has 1 unspecified atom stereocenters. The average molecular weight is 359 g/mol. The predicted molar refractivity (Wildman–Crippen MR) is 104 cm³/mol. The summed E-state index contributed by atoms with van der Waals surface area (Å²) in [6, 6.07) is 19.7. The van der Waals surface area contributed by atoms with Crippen molar-refractivity contribution in [1.82, 2.24) is 9.97 Å². The number of nitrogens with zero attached hydrogens (tertiary/aromatic N) is 3. The Bertz CT molecular complexity index is 1060. The van der Waals surface area contributed by atoms with Crippen molar-refractivity contribution in [1.29, 1.82) is 0 Å². The fourth-order valence-electron chi connectivity index (χ4n) is 3.65. The summed E-state index contributed by atoms with van der Waals surface area (Å²) in [6.45, 7) is 0.984. The molecule has 2 aromatic heterocycles. The van der Waals surface area contributed by atoms with Crippen molar-refractivity contribution < 1.29 is 8.81 Å². The summed E-state index contributed by atoms with van der Waals surface area (Å²) in [5.74, 6) is 1.24. The van der Waals surface area contributed by atoms with E-state index in [0.29, 0.717) is 25.4 Å². The van der Waals surface area contributed by atoms with E-state index in [0.717, 1.165) is 33.6 Å². The molecular weight excluding hydrogens is 341 g/mol. The summed E-state index contributed by atoms with van der Waals surface area (Å²) >= 11 is 0. The van der Waals surface area contributed by atoms with Gasteiger partial charge in [0.1, 0.15) is 17.5 Å². The third kappa shape index (κ3) is 2.85. The van der Waals surface area contributed by atoms with E-state index in [1.165, 1.54) is 0 Å². The lowest BCUT2D eigenvalue weighted by Gasteiger charge is -2.20. The van der Waals surface area contributed by atoms with Crippen LogP contribution in [0.5, 0.6) is 0 Å². The van der Waals surface area contributed by atoms with Crippen molar-refractivity contribution in [3.8, 4) is 22.6 Å². The van der Waals surface area contributed by atoms with Crippen LogP contribution in [-0.4, -0.2) is 29.2 Å². The van der Waals surface area contributed by atoms with Gasteiger partial charge in [-0.2, -0.15) is 0 Å². The van der Waals surface area contributed by atoms with Crippen molar-refractivity contribution in [2.45, 2.75) is 12.6 Å². The highest BCUT2D eigenvalue weighted by Gasteiger charge is 2.28.